The van der Waals surface area contributed by atoms with Gasteiger partial charge in [0.1, 0.15) is 0 Å². The molecule has 106 valence electrons. The van der Waals surface area contributed by atoms with E-state index in [0.717, 1.165) is 25.9 Å². The molecule has 0 aliphatic heterocycles. The van der Waals surface area contributed by atoms with Crippen molar-refractivity contribution in [1.82, 2.24) is 5.32 Å². The van der Waals surface area contributed by atoms with Gasteiger partial charge in [0.2, 0.25) is 5.91 Å². The highest BCUT2D eigenvalue weighted by atomic mass is 16.5. The predicted octanol–water partition coefficient (Wildman–Crippen LogP) is 0.707. The average molecular weight is 259 g/mol. The SMILES string of the molecule is CCOC1CC(CC(=O)NCCCOCCO)C1. The highest BCUT2D eigenvalue weighted by Crippen LogP contribution is 2.32. The summed E-state index contributed by atoms with van der Waals surface area (Å²) in [5, 5.41) is 11.4. The van der Waals surface area contributed by atoms with Gasteiger partial charge in [-0.25, -0.2) is 0 Å². The fourth-order valence-electron chi connectivity index (χ4n) is 2.12. The topological polar surface area (TPSA) is 67.8 Å². The molecular weight excluding hydrogens is 234 g/mol. The van der Waals surface area contributed by atoms with Gasteiger partial charge in [0, 0.05) is 26.2 Å². The molecule has 0 heterocycles. The molecule has 1 rings (SSSR count). The zero-order chi connectivity index (χ0) is 13.2. The van der Waals surface area contributed by atoms with E-state index in [2.05, 4.69) is 5.32 Å². The van der Waals surface area contributed by atoms with Gasteiger partial charge in [0.25, 0.3) is 0 Å². The van der Waals surface area contributed by atoms with Crippen LogP contribution >= 0.6 is 0 Å². The third-order valence-electron chi connectivity index (χ3n) is 3.09. The van der Waals surface area contributed by atoms with Crippen molar-refractivity contribution in [1.29, 1.82) is 0 Å². The number of aliphatic hydroxyl groups is 1. The van der Waals surface area contributed by atoms with Crippen LogP contribution in [0.1, 0.15) is 32.6 Å². The molecule has 0 spiro atoms. The number of amides is 1. The van der Waals surface area contributed by atoms with Crippen LogP contribution in [0.3, 0.4) is 0 Å². The fraction of sp³-hybridized carbons (Fsp3) is 0.923. The second-order valence-electron chi connectivity index (χ2n) is 4.66. The number of ether oxygens (including phenoxy) is 2. The standard InChI is InChI=1S/C13H25NO4/c1-2-18-12-8-11(9-12)10-13(16)14-4-3-6-17-7-5-15/h11-12,15H,2-10H2,1H3,(H,14,16). The lowest BCUT2D eigenvalue weighted by atomic mass is 9.80. The van der Waals surface area contributed by atoms with Crippen LogP contribution in [0.4, 0.5) is 0 Å². The lowest BCUT2D eigenvalue weighted by Gasteiger charge is -2.34. The van der Waals surface area contributed by atoms with Crippen molar-refractivity contribution in [3.63, 3.8) is 0 Å². The molecule has 0 aromatic rings. The number of carbonyl (C=O) groups is 1. The van der Waals surface area contributed by atoms with E-state index in [1.54, 1.807) is 0 Å². The number of rotatable bonds is 10. The Morgan fingerprint density at radius 1 is 1.39 bits per heavy atom. The first-order chi connectivity index (χ1) is 8.76. The van der Waals surface area contributed by atoms with Crippen molar-refractivity contribution in [3.05, 3.63) is 0 Å². The van der Waals surface area contributed by atoms with Crippen LogP contribution in [0.2, 0.25) is 0 Å². The van der Waals surface area contributed by atoms with Gasteiger partial charge in [0.15, 0.2) is 0 Å². The third kappa shape index (κ3) is 6.33. The predicted molar refractivity (Wildman–Crippen MR) is 68.3 cm³/mol. The Balaban J connectivity index is 1.89. The van der Waals surface area contributed by atoms with Gasteiger partial charge in [-0.3, -0.25) is 4.79 Å². The molecule has 0 aromatic heterocycles. The molecule has 1 aliphatic rings. The van der Waals surface area contributed by atoms with Crippen molar-refractivity contribution in [3.8, 4) is 0 Å². The lowest BCUT2D eigenvalue weighted by Crippen LogP contribution is -2.36. The maximum Gasteiger partial charge on any atom is 0.220 e. The van der Waals surface area contributed by atoms with E-state index < -0.39 is 0 Å². The summed E-state index contributed by atoms with van der Waals surface area (Å²) in [7, 11) is 0. The first-order valence-corrected chi connectivity index (χ1v) is 6.83. The Kier molecular flexibility index (Phi) is 7.96. The van der Waals surface area contributed by atoms with Gasteiger partial charge in [0.05, 0.1) is 19.3 Å². The van der Waals surface area contributed by atoms with Crippen LogP contribution in [-0.2, 0) is 14.3 Å². The van der Waals surface area contributed by atoms with Crippen molar-refractivity contribution < 1.29 is 19.4 Å². The van der Waals surface area contributed by atoms with E-state index in [9.17, 15) is 4.79 Å². The smallest absolute Gasteiger partial charge is 0.220 e. The minimum atomic E-state index is 0.0506. The Labute approximate surface area is 109 Å². The Bertz CT molecular complexity index is 229. The quantitative estimate of drug-likeness (QED) is 0.567. The van der Waals surface area contributed by atoms with Crippen LogP contribution in [0.15, 0.2) is 0 Å². The van der Waals surface area contributed by atoms with Gasteiger partial charge in [-0.15, -0.1) is 0 Å². The fourth-order valence-corrected chi connectivity index (χ4v) is 2.12. The largest absolute Gasteiger partial charge is 0.394 e. The van der Waals surface area contributed by atoms with Crippen LogP contribution < -0.4 is 5.32 Å². The van der Waals surface area contributed by atoms with E-state index in [1.807, 2.05) is 6.92 Å². The third-order valence-corrected chi connectivity index (χ3v) is 3.09. The van der Waals surface area contributed by atoms with E-state index >= 15 is 0 Å². The Morgan fingerprint density at radius 3 is 2.83 bits per heavy atom. The molecule has 0 atom stereocenters. The molecular formula is C13H25NO4. The molecule has 0 bridgehead atoms. The van der Waals surface area contributed by atoms with Gasteiger partial charge in [-0.05, 0) is 32.1 Å². The number of hydrogen-bond donors (Lipinski definition) is 2. The van der Waals surface area contributed by atoms with Crippen molar-refractivity contribution in [2.24, 2.45) is 5.92 Å². The maximum absolute atomic E-state index is 11.6. The highest BCUT2D eigenvalue weighted by molar-refractivity contribution is 5.76. The summed E-state index contributed by atoms with van der Waals surface area (Å²) in [5.41, 5.74) is 0. The van der Waals surface area contributed by atoms with E-state index in [4.69, 9.17) is 14.6 Å². The molecule has 1 fully saturated rings. The number of nitrogens with one attached hydrogen (secondary N) is 1. The number of aliphatic hydroxyl groups excluding tert-OH is 1. The summed E-state index contributed by atoms with van der Waals surface area (Å²) in [6.07, 6.45) is 3.81. The van der Waals surface area contributed by atoms with Crippen molar-refractivity contribution >= 4 is 5.91 Å². The number of carbonyl (C=O) groups excluding carboxylic acids is 1. The van der Waals surface area contributed by atoms with E-state index in [-0.39, 0.29) is 12.5 Å². The molecule has 1 aliphatic carbocycles. The Hall–Kier alpha value is -0.650. The first-order valence-electron chi connectivity index (χ1n) is 6.83. The highest BCUT2D eigenvalue weighted by Gasteiger charge is 2.30. The zero-order valence-corrected chi connectivity index (χ0v) is 11.2. The molecule has 0 unspecified atom stereocenters. The molecule has 5 nitrogen and oxygen atoms in total. The lowest BCUT2D eigenvalue weighted by molar-refractivity contribution is -0.124. The van der Waals surface area contributed by atoms with Gasteiger partial charge >= 0.3 is 0 Å². The first kappa shape index (κ1) is 15.4. The van der Waals surface area contributed by atoms with Crippen molar-refractivity contribution in [2.75, 3.05) is 33.0 Å². The maximum atomic E-state index is 11.6. The monoisotopic (exact) mass is 259 g/mol. The van der Waals surface area contributed by atoms with Gasteiger partial charge < -0.3 is 19.9 Å². The summed E-state index contributed by atoms with van der Waals surface area (Å²) in [6, 6.07) is 0. The van der Waals surface area contributed by atoms with E-state index in [0.29, 0.717) is 38.2 Å². The van der Waals surface area contributed by atoms with Crippen LogP contribution in [0.25, 0.3) is 0 Å². The van der Waals surface area contributed by atoms with Gasteiger partial charge in [-0.1, -0.05) is 0 Å². The van der Waals surface area contributed by atoms with Gasteiger partial charge in [-0.2, -0.15) is 0 Å². The van der Waals surface area contributed by atoms with Crippen molar-refractivity contribution in [2.45, 2.75) is 38.7 Å². The summed E-state index contributed by atoms with van der Waals surface area (Å²) in [6.45, 7) is 4.41. The minimum Gasteiger partial charge on any atom is -0.394 e. The molecule has 0 radical (unpaired) electrons. The zero-order valence-electron chi connectivity index (χ0n) is 11.2. The normalized spacial score (nSPS) is 22.6. The van der Waals surface area contributed by atoms with Crippen LogP contribution in [-0.4, -0.2) is 50.1 Å². The summed E-state index contributed by atoms with van der Waals surface area (Å²) < 4.78 is 10.6. The Morgan fingerprint density at radius 2 is 2.17 bits per heavy atom. The minimum absolute atomic E-state index is 0.0506. The molecule has 5 heteroatoms. The second kappa shape index (κ2) is 9.30. The van der Waals surface area contributed by atoms with E-state index in [1.165, 1.54) is 0 Å². The summed E-state index contributed by atoms with van der Waals surface area (Å²) >= 11 is 0. The molecule has 1 amide bonds. The second-order valence-corrected chi connectivity index (χ2v) is 4.66. The molecule has 0 aromatic carbocycles. The molecule has 2 N–H and O–H groups in total. The van der Waals surface area contributed by atoms with Crippen LogP contribution in [0, 0.1) is 5.92 Å². The summed E-state index contributed by atoms with van der Waals surface area (Å²) in [4.78, 5) is 11.6. The number of hydrogen-bond acceptors (Lipinski definition) is 4. The van der Waals surface area contributed by atoms with Crippen LogP contribution in [0.5, 0.6) is 0 Å². The molecule has 1 saturated carbocycles. The average Bonchev–Trinajstić information content (AvgIpc) is 2.31. The summed E-state index contributed by atoms with van der Waals surface area (Å²) in [5.74, 6) is 0.615. The molecule has 18 heavy (non-hydrogen) atoms. The molecule has 0 saturated heterocycles.